The molecule has 2 rings (SSSR count). The number of hydrogen-bond donors (Lipinski definition) is 0. The second kappa shape index (κ2) is 11.7. The fourth-order valence-corrected chi connectivity index (χ4v) is 2.12. The molecule has 0 aliphatic heterocycles. The summed E-state index contributed by atoms with van der Waals surface area (Å²) in [5.41, 5.74) is 4.00. The predicted molar refractivity (Wildman–Crippen MR) is 102 cm³/mol. The smallest absolute Gasteiger partial charge is 0.0633 e. The SMILES string of the molecule is CCCCC=Cc1ccc(N=C(C)C=Nc2ccccc2)cc1.[Pd]. The zero-order valence-electron chi connectivity index (χ0n) is 14.3. The molecule has 0 unspecified atom stereocenters. The number of para-hydroxylation sites is 1. The van der Waals surface area contributed by atoms with Crippen molar-refractivity contribution in [2.75, 3.05) is 0 Å². The summed E-state index contributed by atoms with van der Waals surface area (Å²) in [6.45, 7) is 4.18. The fraction of sp³-hybridized carbons (Fsp3) is 0.238. The van der Waals surface area contributed by atoms with Crippen molar-refractivity contribution in [3.05, 3.63) is 66.2 Å². The van der Waals surface area contributed by atoms with Gasteiger partial charge in [0, 0.05) is 26.6 Å². The van der Waals surface area contributed by atoms with Crippen LogP contribution >= 0.6 is 0 Å². The summed E-state index contributed by atoms with van der Waals surface area (Å²) < 4.78 is 0. The molecule has 128 valence electrons. The zero-order valence-corrected chi connectivity index (χ0v) is 15.8. The van der Waals surface area contributed by atoms with Crippen LogP contribution in [0.2, 0.25) is 0 Å². The molecule has 0 amide bonds. The van der Waals surface area contributed by atoms with Gasteiger partial charge in [-0.2, -0.15) is 0 Å². The van der Waals surface area contributed by atoms with E-state index >= 15 is 0 Å². The van der Waals surface area contributed by atoms with Gasteiger partial charge in [0.25, 0.3) is 0 Å². The standard InChI is InChI=1S/C21H24N2.Pd/c1-3-4-5-7-10-19-13-15-21(16-14-19)23-18(2)17-22-20-11-8-6-9-12-20;/h6-17H,3-5H2,1-2H3;. The molecule has 0 N–H and O–H groups in total. The Hall–Kier alpha value is -1.82. The van der Waals surface area contributed by atoms with Crippen molar-refractivity contribution in [2.45, 2.75) is 33.1 Å². The van der Waals surface area contributed by atoms with Gasteiger partial charge in [-0.25, -0.2) is 0 Å². The fourth-order valence-electron chi connectivity index (χ4n) is 2.12. The summed E-state index contributed by atoms with van der Waals surface area (Å²) in [7, 11) is 0. The second-order valence-electron chi connectivity index (χ2n) is 5.48. The molecule has 0 fully saturated rings. The van der Waals surface area contributed by atoms with Crippen LogP contribution in [0.25, 0.3) is 6.08 Å². The minimum absolute atomic E-state index is 0. The van der Waals surface area contributed by atoms with Gasteiger partial charge in [0.1, 0.15) is 0 Å². The number of allylic oxidation sites excluding steroid dienone is 1. The van der Waals surface area contributed by atoms with Crippen molar-refractivity contribution in [3.63, 3.8) is 0 Å². The molecule has 0 aliphatic carbocycles. The minimum Gasteiger partial charge on any atom is -0.255 e. The average molecular weight is 411 g/mol. The summed E-state index contributed by atoms with van der Waals surface area (Å²) >= 11 is 0. The second-order valence-corrected chi connectivity index (χ2v) is 5.48. The number of benzene rings is 2. The molecule has 0 atom stereocenters. The van der Waals surface area contributed by atoms with Gasteiger partial charge in [-0.3, -0.25) is 9.98 Å². The van der Waals surface area contributed by atoms with Crippen LogP contribution in [-0.4, -0.2) is 11.9 Å². The molecule has 0 aliphatic rings. The number of hydrogen-bond acceptors (Lipinski definition) is 2. The quantitative estimate of drug-likeness (QED) is 0.287. The van der Waals surface area contributed by atoms with Crippen LogP contribution in [-0.2, 0) is 20.4 Å². The predicted octanol–water partition coefficient (Wildman–Crippen LogP) is 6.38. The van der Waals surface area contributed by atoms with E-state index in [2.05, 4.69) is 41.2 Å². The first kappa shape index (κ1) is 20.2. The van der Waals surface area contributed by atoms with Gasteiger partial charge in [0.05, 0.1) is 17.1 Å². The van der Waals surface area contributed by atoms with Crippen LogP contribution in [0.5, 0.6) is 0 Å². The van der Waals surface area contributed by atoms with Crippen LogP contribution < -0.4 is 0 Å². The van der Waals surface area contributed by atoms with Gasteiger partial charge < -0.3 is 0 Å². The molecule has 0 spiro atoms. The number of nitrogens with zero attached hydrogens (tertiary/aromatic N) is 2. The third-order valence-electron chi connectivity index (χ3n) is 3.39. The van der Waals surface area contributed by atoms with Gasteiger partial charge in [-0.1, -0.05) is 62.2 Å². The molecule has 0 radical (unpaired) electrons. The van der Waals surface area contributed by atoms with E-state index in [1.165, 1.54) is 18.4 Å². The van der Waals surface area contributed by atoms with Crippen molar-refractivity contribution in [3.8, 4) is 0 Å². The summed E-state index contributed by atoms with van der Waals surface area (Å²) in [4.78, 5) is 8.98. The van der Waals surface area contributed by atoms with Crippen LogP contribution in [0.4, 0.5) is 11.4 Å². The molecular weight excluding hydrogens is 387 g/mol. The minimum atomic E-state index is 0. The maximum absolute atomic E-state index is 4.57. The van der Waals surface area contributed by atoms with Crippen molar-refractivity contribution >= 4 is 29.4 Å². The van der Waals surface area contributed by atoms with E-state index in [4.69, 9.17) is 0 Å². The Morgan fingerprint density at radius 1 is 0.958 bits per heavy atom. The molecule has 3 heteroatoms. The summed E-state index contributed by atoms with van der Waals surface area (Å²) in [5, 5.41) is 0. The Labute approximate surface area is 159 Å². The third-order valence-corrected chi connectivity index (χ3v) is 3.39. The van der Waals surface area contributed by atoms with Crippen molar-refractivity contribution in [1.29, 1.82) is 0 Å². The molecule has 0 saturated carbocycles. The van der Waals surface area contributed by atoms with E-state index in [1.54, 1.807) is 6.21 Å². The molecule has 0 saturated heterocycles. The molecule has 2 nitrogen and oxygen atoms in total. The Morgan fingerprint density at radius 3 is 2.33 bits per heavy atom. The van der Waals surface area contributed by atoms with Gasteiger partial charge in [-0.05, 0) is 43.2 Å². The van der Waals surface area contributed by atoms with Crippen LogP contribution in [0, 0.1) is 0 Å². The molecule has 0 heterocycles. The first-order valence-corrected chi connectivity index (χ1v) is 8.19. The van der Waals surface area contributed by atoms with E-state index in [9.17, 15) is 0 Å². The normalized spacial score (nSPS) is 11.8. The van der Waals surface area contributed by atoms with E-state index < -0.39 is 0 Å². The van der Waals surface area contributed by atoms with E-state index in [-0.39, 0.29) is 20.4 Å². The average Bonchev–Trinajstić information content (AvgIpc) is 2.59. The van der Waals surface area contributed by atoms with Crippen LogP contribution in [0.3, 0.4) is 0 Å². The maximum atomic E-state index is 4.57. The molecular formula is C21H24N2Pd. The molecule has 2 aromatic rings. The monoisotopic (exact) mass is 410 g/mol. The molecule has 24 heavy (non-hydrogen) atoms. The topological polar surface area (TPSA) is 24.7 Å². The Kier molecular flexibility index (Phi) is 9.84. The van der Waals surface area contributed by atoms with Gasteiger partial charge in [-0.15, -0.1) is 0 Å². The number of rotatable bonds is 7. The van der Waals surface area contributed by atoms with Crippen molar-refractivity contribution < 1.29 is 20.4 Å². The largest absolute Gasteiger partial charge is 0.255 e. The Balaban J connectivity index is 0.00000288. The van der Waals surface area contributed by atoms with Gasteiger partial charge in [0.15, 0.2) is 0 Å². The summed E-state index contributed by atoms with van der Waals surface area (Å²) in [6.07, 6.45) is 9.84. The molecule has 0 aromatic heterocycles. The Morgan fingerprint density at radius 2 is 1.67 bits per heavy atom. The number of aliphatic imine (C=N–C) groups is 2. The van der Waals surface area contributed by atoms with Crippen LogP contribution in [0.15, 0.2) is 70.7 Å². The summed E-state index contributed by atoms with van der Waals surface area (Å²) in [6, 6.07) is 18.2. The summed E-state index contributed by atoms with van der Waals surface area (Å²) in [5.74, 6) is 0. The van der Waals surface area contributed by atoms with Crippen molar-refractivity contribution in [2.24, 2.45) is 9.98 Å². The number of unbranched alkanes of at least 4 members (excludes halogenated alkanes) is 2. The maximum Gasteiger partial charge on any atom is 0.0633 e. The zero-order chi connectivity index (χ0) is 16.3. The van der Waals surface area contributed by atoms with Gasteiger partial charge >= 0.3 is 0 Å². The van der Waals surface area contributed by atoms with Crippen LogP contribution in [0.1, 0.15) is 38.7 Å². The van der Waals surface area contributed by atoms with E-state index in [1.807, 2.05) is 49.4 Å². The third kappa shape index (κ3) is 7.64. The molecule has 2 aromatic carbocycles. The first-order chi connectivity index (χ1) is 11.3. The molecule has 0 bridgehead atoms. The first-order valence-electron chi connectivity index (χ1n) is 8.19. The van der Waals surface area contributed by atoms with E-state index in [0.717, 1.165) is 23.5 Å². The van der Waals surface area contributed by atoms with E-state index in [0.29, 0.717) is 0 Å². The van der Waals surface area contributed by atoms with Crippen molar-refractivity contribution in [1.82, 2.24) is 0 Å². The Bertz CT molecular complexity index is 671. The van der Waals surface area contributed by atoms with Gasteiger partial charge in [0.2, 0.25) is 0 Å².